The standard InChI is InChI=1S/C22H25FN6O/c1-28-10-8-14-12-17(23)16(11-15(14)13-28)22(30)27-20-7-4-5-18(26-20)21(25)29-9-3-2-6-19(29)24/h4-5,7,11-12,24-25H,2-3,6,8-10,13H2,1H3,(H,26,27,30). The number of aromatic nitrogens is 1. The fourth-order valence-corrected chi connectivity index (χ4v) is 3.93. The molecule has 4 rings (SSSR count). The van der Waals surface area contributed by atoms with Gasteiger partial charge >= 0.3 is 0 Å². The molecule has 8 heteroatoms. The van der Waals surface area contributed by atoms with Crippen LogP contribution < -0.4 is 5.32 Å². The molecule has 0 unspecified atom stereocenters. The number of fused-ring (bicyclic) bond motifs is 1. The van der Waals surface area contributed by atoms with Crippen molar-refractivity contribution >= 4 is 23.4 Å². The molecule has 3 N–H and O–H groups in total. The highest BCUT2D eigenvalue weighted by molar-refractivity contribution is 6.07. The van der Waals surface area contributed by atoms with E-state index < -0.39 is 11.7 Å². The number of piperidine rings is 1. The lowest BCUT2D eigenvalue weighted by Gasteiger charge is -2.29. The largest absolute Gasteiger partial charge is 0.314 e. The number of nitrogens with one attached hydrogen (secondary N) is 3. The molecule has 1 aromatic carbocycles. The van der Waals surface area contributed by atoms with Gasteiger partial charge in [0.1, 0.15) is 23.2 Å². The SMILES string of the molecule is CN1CCc2cc(F)c(C(=O)Nc3cccc(C(=N)N4CCCCC4=N)n3)cc2C1. The van der Waals surface area contributed by atoms with Gasteiger partial charge < -0.3 is 15.1 Å². The normalized spacial score (nSPS) is 16.9. The second-order valence-corrected chi connectivity index (χ2v) is 7.85. The Bertz CT molecular complexity index is 1020. The summed E-state index contributed by atoms with van der Waals surface area (Å²) in [6.45, 7) is 2.17. The topological polar surface area (TPSA) is 96.2 Å². The first-order valence-electron chi connectivity index (χ1n) is 10.1. The summed E-state index contributed by atoms with van der Waals surface area (Å²) in [6.07, 6.45) is 3.29. The first-order chi connectivity index (χ1) is 14.4. The number of nitrogens with zero attached hydrogens (tertiary/aromatic N) is 3. The molecule has 0 aliphatic carbocycles. The van der Waals surface area contributed by atoms with Crippen LogP contribution in [0.1, 0.15) is 46.4 Å². The van der Waals surface area contributed by atoms with E-state index in [0.717, 1.165) is 36.9 Å². The summed E-state index contributed by atoms with van der Waals surface area (Å²) in [5, 5.41) is 19.1. The van der Waals surface area contributed by atoms with Crippen LogP contribution in [-0.2, 0) is 13.0 Å². The summed E-state index contributed by atoms with van der Waals surface area (Å²) in [6, 6.07) is 8.06. The molecule has 0 saturated carbocycles. The zero-order valence-corrected chi connectivity index (χ0v) is 17.0. The van der Waals surface area contributed by atoms with Crippen LogP contribution in [0.15, 0.2) is 30.3 Å². The van der Waals surface area contributed by atoms with Gasteiger partial charge in [-0.25, -0.2) is 9.37 Å². The predicted molar refractivity (Wildman–Crippen MR) is 114 cm³/mol. The molecule has 1 aromatic heterocycles. The summed E-state index contributed by atoms with van der Waals surface area (Å²) in [7, 11) is 2.00. The highest BCUT2D eigenvalue weighted by atomic mass is 19.1. The van der Waals surface area contributed by atoms with E-state index in [2.05, 4.69) is 15.2 Å². The van der Waals surface area contributed by atoms with Crippen LogP contribution in [0.2, 0.25) is 0 Å². The molecule has 0 atom stereocenters. The van der Waals surface area contributed by atoms with Crippen LogP contribution in [0.5, 0.6) is 0 Å². The maximum atomic E-state index is 14.6. The molecule has 0 spiro atoms. The van der Waals surface area contributed by atoms with Gasteiger partial charge in [0.25, 0.3) is 5.91 Å². The first kappa shape index (κ1) is 20.2. The summed E-state index contributed by atoms with van der Waals surface area (Å²) in [5.41, 5.74) is 2.26. The van der Waals surface area contributed by atoms with Crippen LogP contribution in [0, 0.1) is 16.6 Å². The van der Waals surface area contributed by atoms with Crippen LogP contribution in [0.25, 0.3) is 0 Å². The minimum atomic E-state index is -0.564. The molecule has 0 bridgehead atoms. The minimum absolute atomic E-state index is 0.0101. The van der Waals surface area contributed by atoms with Crippen molar-refractivity contribution in [2.24, 2.45) is 0 Å². The molecule has 2 aliphatic rings. The number of likely N-dealkylation sites (N-methyl/N-ethyl adjacent to an activating group) is 1. The number of carbonyl (C=O) groups excluding carboxylic acids is 1. The number of carbonyl (C=O) groups is 1. The zero-order valence-electron chi connectivity index (χ0n) is 17.0. The summed E-state index contributed by atoms with van der Waals surface area (Å²) < 4.78 is 14.6. The van der Waals surface area contributed by atoms with Crippen molar-refractivity contribution in [1.82, 2.24) is 14.8 Å². The average molecular weight is 408 g/mol. The molecule has 1 amide bonds. The Morgan fingerprint density at radius 3 is 2.80 bits per heavy atom. The number of amides is 1. The Labute approximate surface area is 174 Å². The lowest BCUT2D eigenvalue weighted by atomic mass is 9.97. The van der Waals surface area contributed by atoms with Crippen molar-refractivity contribution in [3.8, 4) is 0 Å². The molecule has 1 saturated heterocycles. The Morgan fingerprint density at radius 2 is 2.00 bits per heavy atom. The summed E-state index contributed by atoms with van der Waals surface area (Å²) in [4.78, 5) is 20.9. The Morgan fingerprint density at radius 1 is 1.17 bits per heavy atom. The number of anilines is 1. The van der Waals surface area contributed by atoms with Crippen molar-refractivity contribution in [1.29, 1.82) is 10.8 Å². The van der Waals surface area contributed by atoms with Gasteiger partial charge in [-0.1, -0.05) is 6.07 Å². The smallest absolute Gasteiger partial charge is 0.259 e. The number of pyridine rings is 1. The van der Waals surface area contributed by atoms with Gasteiger partial charge in [-0.15, -0.1) is 0 Å². The molecule has 156 valence electrons. The van der Waals surface area contributed by atoms with Crippen molar-refractivity contribution in [2.45, 2.75) is 32.2 Å². The molecule has 2 aliphatic heterocycles. The van der Waals surface area contributed by atoms with E-state index in [0.29, 0.717) is 31.0 Å². The summed E-state index contributed by atoms with van der Waals surface area (Å²) in [5.74, 6) is -0.311. The van der Waals surface area contributed by atoms with Gasteiger partial charge in [0.05, 0.1) is 5.56 Å². The third kappa shape index (κ3) is 4.09. The Balaban J connectivity index is 1.53. The number of hydrogen-bond donors (Lipinski definition) is 3. The third-order valence-electron chi connectivity index (χ3n) is 5.61. The van der Waals surface area contributed by atoms with Gasteiger partial charge in [0, 0.05) is 26.1 Å². The van der Waals surface area contributed by atoms with E-state index in [9.17, 15) is 9.18 Å². The molecule has 3 heterocycles. The van der Waals surface area contributed by atoms with Crippen molar-refractivity contribution < 1.29 is 9.18 Å². The maximum absolute atomic E-state index is 14.6. The quantitative estimate of drug-likeness (QED) is 0.537. The lowest BCUT2D eigenvalue weighted by Crippen LogP contribution is -2.40. The Kier molecular flexibility index (Phi) is 5.59. The second kappa shape index (κ2) is 8.31. The predicted octanol–water partition coefficient (Wildman–Crippen LogP) is 3.25. The van der Waals surface area contributed by atoms with E-state index in [-0.39, 0.29) is 17.2 Å². The van der Waals surface area contributed by atoms with Crippen molar-refractivity contribution in [2.75, 3.05) is 25.5 Å². The van der Waals surface area contributed by atoms with E-state index >= 15 is 0 Å². The number of halogens is 1. The number of benzene rings is 1. The molecular formula is C22H25FN6O. The molecular weight excluding hydrogens is 383 g/mol. The van der Waals surface area contributed by atoms with E-state index in [1.165, 1.54) is 6.07 Å². The van der Waals surface area contributed by atoms with Crippen molar-refractivity contribution in [3.63, 3.8) is 0 Å². The van der Waals surface area contributed by atoms with E-state index in [1.807, 2.05) is 7.05 Å². The number of hydrogen-bond acceptors (Lipinski definition) is 5. The van der Waals surface area contributed by atoms with Gasteiger partial charge in [-0.2, -0.15) is 0 Å². The van der Waals surface area contributed by atoms with Crippen LogP contribution in [-0.4, -0.2) is 52.5 Å². The number of likely N-dealkylation sites (tertiary alicyclic amines) is 1. The molecule has 30 heavy (non-hydrogen) atoms. The third-order valence-corrected chi connectivity index (χ3v) is 5.61. The average Bonchev–Trinajstić information content (AvgIpc) is 2.73. The molecule has 7 nitrogen and oxygen atoms in total. The van der Waals surface area contributed by atoms with Crippen LogP contribution in [0.4, 0.5) is 10.2 Å². The van der Waals surface area contributed by atoms with E-state index in [4.69, 9.17) is 10.8 Å². The number of rotatable bonds is 3. The molecule has 1 fully saturated rings. The van der Waals surface area contributed by atoms with Gasteiger partial charge in [-0.3, -0.25) is 15.6 Å². The van der Waals surface area contributed by atoms with Gasteiger partial charge in [0.15, 0.2) is 5.84 Å². The van der Waals surface area contributed by atoms with Crippen LogP contribution in [0.3, 0.4) is 0 Å². The van der Waals surface area contributed by atoms with Gasteiger partial charge in [0.2, 0.25) is 0 Å². The highest BCUT2D eigenvalue weighted by Gasteiger charge is 2.22. The van der Waals surface area contributed by atoms with Gasteiger partial charge in [-0.05, 0) is 61.7 Å². The second-order valence-electron chi connectivity index (χ2n) is 7.85. The minimum Gasteiger partial charge on any atom is -0.314 e. The first-order valence-corrected chi connectivity index (χ1v) is 10.1. The number of amidine groups is 2. The monoisotopic (exact) mass is 408 g/mol. The fourth-order valence-electron chi connectivity index (χ4n) is 3.93. The maximum Gasteiger partial charge on any atom is 0.259 e. The van der Waals surface area contributed by atoms with E-state index in [1.54, 1.807) is 29.2 Å². The lowest BCUT2D eigenvalue weighted by molar-refractivity contribution is 0.102. The fraction of sp³-hybridized carbons (Fsp3) is 0.364. The van der Waals surface area contributed by atoms with Crippen molar-refractivity contribution in [3.05, 3.63) is 58.5 Å². The summed E-state index contributed by atoms with van der Waals surface area (Å²) >= 11 is 0. The molecule has 0 radical (unpaired) electrons. The van der Waals surface area contributed by atoms with Crippen LogP contribution >= 0.6 is 0 Å². The molecule has 2 aromatic rings. The zero-order chi connectivity index (χ0) is 21.3. The highest BCUT2D eigenvalue weighted by Crippen LogP contribution is 2.23. The Hall–Kier alpha value is -3.13.